The fraction of sp³-hybridized carbons (Fsp3) is 0.741. The Morgan fingerprint density at radius 1 is 0.528 bits per heavy atom. The molecule has 402 valence electrons. The zero-order valence-electron chi connectivity index (χ0n) is 45.0. The Balaban J connectivity index is 1.23. The first kappa shape index (κ1) is 57.8. The largest absolute Gasteiger partial charge is 0.350 e. The minimum absolute atomic E-state index is 0.116. The summed E-state index contributed by atoms with van der Waals surface area (Å²) in [5, 5.41) is 24.2. The van der Waals surface area contributed by atoms with Crippen molar-refractivity contribution >= 4 is 47.3 Å². The van der Waals surface area contributed by atoms with Gasteiger partial charge >= 0.3 is 0 Å². The Labute approximate surface area is 428 Å². The summed E-state index contributed by atoms with van der Waals surface area (Å²) in [5.74, 6) is -2.31. The lowest BCUT2D eigenvalue weighted by Gasteiger charge is -2.37. The summed E-state index contributed by atoms with van der Waals surface area (Å²) in [6, 6.07) is 1.57. The third-order valence-electron chi connectivity index (χ3n) is 15.6. The van der Waals surface area contributed by atoms with Gasteiger partial charge in [0.2, 0.25) is 35.4 Å². The van der Waals surface area contributed by atoms with E-state index < -0.39 is 71.0 Å². The van der Waals surface area contributed by atoms with Gasteiger partial charge in [0.1, 0.15) is 24.2 Å². The summed E-state index contributed by atoms with van der Waals surface area (Å²) in [6.07, 6.45) is 12.0. The van der Waals surface area contributed by atoms with E-state index in [0.717, 1.165) is 64.2 Å². The van der Waals surface area contributed by atoms with Gasteiger partial charge in [-0.15, -0.1) is 0 Å². The van der Waals surface area contributed by atoms with Crippen molar-refractivity contribution in [2.24, 2.45) is 22.7 Å². The molecule has 2 heterocycles. The quantitative estimate of drug-likeness (QED) is 0.0946. The van der Waals surface area contributed by atoms with Crippen LogP contribution in [-0.2, 0) is 28.8 Å². The van der Waals surface area contributed by atoms with Gasteiger partial charge in [-0.05, 0) is 120 Å². The highest BCUT2D eigenvalue weighted by atomic mass is 16.2. The van der Waals surface area contributed by atoms with Crippen molar-refractivity contribution in [2.75, 3.05) is 40.3 Å². The summed E-state index contributed by atoms with van der Waals surface area (Å²) in [7, 11) is 3.36. The van der Waals surface area contributed by atoms with E-state index >= 15 is 0 Å². The summed E-state index contributed by atoms with van der Waals surface area (Å²) >= 11 is 0. The van der Waals surface area contributed by atoms with E-state index in [4.69, 9.17) is 0 Å². The second-order valence-corrected chi connectivity index (χ2v) is 23.0. The SMILES string of the molecule is CN[C@@H](C)C(=O)N[C@H](C(=O)N1CCCC1C(=O)N[C@H](CNC(=O)c1cccc(C(=O)NC[C@@H](NC(=O)C2CCCN2C(=O)[C@@H](NC(=O)[C@H](C)NC)C(C)(C)C)C2CCCCC2)c1)C1CCCCC1)C(C)(C)C. The van der Waals surface area contributed by atoms with Crippen molar-refractivity contribution < 1.29 is 38.4 Å². The van der Waals surface area contributed by atoms with Crippen molar-refractivity contribution in [2.45, 2.75) is 194 Å². The lowest BCUT2D eigenvalue weighted by Crippen LogP contribution is -2.60. The first-order valence-electron chi connectivity index (χ1n) is 26.9. The van der Waals surface area contributed by atoms with Crippen LogP contribution >= 0.6 is 0 Å². The van der Waals surface area contributed by atoms with Gasteiger partial charge in [-0.2, -0.15) is 0 Å². The van der Waals surface area contributed by atoms with Crippen molar-refractivity contribution in [1.82, 2.24) is 52.3 Å². The van der Waals surface area contributed by atoms with Crippen LogP contribution in [0.3, 0.4) is 0 Å². The van der Waals surface area contributed by atoms with Gasteiger partial charge in [-0.1, -0.05) is 86.1 Å². The molecule has 2 aliphatic heterocycles. The number of benzene rings is 1. The molecule has 2 aliphatic carbocycles. The van der Waals surface area contributed by atoms with Crippen LogP contribution in [-0.4, -0.2) is 146 Å². The Bertz CT molecular complexity index is 1920. The van der Waals surface area contributed by atoms with E-state index in [-0.39, 0.29) is 71.5 Å². The lowest BCUT2D eigenvalue weighted by molar-refractivity contribution is -0.144. The summed E-state index contributed by atoms with van der Waals surface area (Å²) < 4.78 is 0. The van der Waals surface area contributed by atoms with Gasteiger partial charge in [-0.3, -0.25) is 38.4 Å². The van der Waals surface area contributed by atoms with Crippen LogP contribution in [0.5, 0.6) is 0 Å². The average molecular weight is 1010 g/mol. The van der Waals surface area contributed by atoms with Gasteiger partial charge in [0.15, 0.2) is 0 Å². The number of likely N-dealkylation sites (tertiary alicyclic amines) is 2. The maximum Gasteiger partial charge on any atom is 0.251 e. The third kappa shape index (κ3) is 15.5. The van der Waals surface area contributed by atoms with E-state index in [1.807, 2.05) is 41.5 Å². The molecule has 0 spiro atoms. The molecule has 18 heteroatoms. The minimum atomic E-state index is -0.839. The van der Waals surface area contributed by atoms with Crippen molar-refractivity contribution in [1.29, 1.82) is 0 Å². The smallest absolute Gasteiger partial charge is 0.251 e. The van der Waals surface area contributed by atoms with Gasteiger partial charge in [-0.25, -0.2) is 0 Å². The summed E-state index contributed by atoms with van der Waals surface area (Å²) in [5.41, 5.74) is -0.669. The molecule has 8 atom stereocenters. The molecule has 0 radical (unpaired) electrons. The van der Waals surface area contributed by atoms with Crippen LogP contribution in [0, 0.1) is 22.7 Å². The first-order valence-corrected chi connectivity index (χ1v) is 26.9. The monoisotopic (exact) mass is 1000 g/mol. The van der Waals surface area contributed by atoms with Gasteiger partial charge < -0.3 is 52.3 Å². The predicted molar refractivity (Wildman–Crippen MR) is 277 cm³/mol. The maximum atomic E-state index is 14.2. The zero-order valence-corrected chi connectivity index (χ0v) is 45.0. The van der Waals surface area contributed by atoms with Crippen molar-refractivity contribution in [3.63, 3.8) is 0 Å². The Morgan fingerprint density at radius 2 is 0.889 bits per heavy atom. The molecule has 0 aromatic heterocycles. The molecule has 8 amide bonds. The minimum Gasteiger partial charge on any atom is -0.350 e. The summed E-state index contributed by atoms with van der Waals surface area (Å²) in [4.78, 5) is 113. The second kappa shape index (κ2) is 26.2. The number of carbonyl (C=O) groups excluding carboxylic acids is 8. The number of nitrogens with zero attached hydrogens (tertiary/aromatic N) is 2. The van der Waals surface area contributed by atoms with Crippen LogP contribution in [0.25, 0.3) is 0 Å². The number of hydrogen-bond donors (Lipinski definition) is 8. The van der Waals surface area contributed by atoms with Gasteiger partial charge in [0.05, 0.1) is 12.1 Å². The molecule has 2 saturated carbocycles. The number of amides is 8. The number of nitrogens with one attached hydrogen (secondary N) is 8. The molecule has 5 rings (SSSR count). The number of rotatable bonds is 20. The first-order chi connectivity index (χ1) is 34.0. The molecule has 8 N–H and O–H groups in total. The molecule has 2 saturated heterocycles. The highest BCUT2D eigenvalue weighted by Gasteiger charge is 2.45. The Morgan fingerprint density at radius 3 is 1.22 bits per heavy atom. The van der Waals surface area contributed by atoms with E-state index in [2.05, 4.69) is 42.5 Å². The summed E-state index contributed by atoms with van der Waals surface area (Å²) in [6.45, 7) is 15.9. The fourth-order valence-electron chi connectivity index (χ4n) is 10.7. The lowest BCUT2D eigenvalue weighted by atomic mass is 9.83. The average Bonchev–Trinajstić information content (AvgIpc) is 4.08. The second-order valence-electron chi connectivity index (χ2n) is 23.0. The standard InChI is InChI=1S/C54H88N10O8/c1-33(55-9)45(65)61-43(53(3,4)5)51(71)63-28-18-26-41(63)49(69)59-39(35-20-13-11-14-21-35)31-57-47(67)37-24-17-25-38(30-37)48(68)58-32-40(36-22-15-12-16-23-36)60-50(70)42-27-19-29-64(42)52(72)44(54(6,7)8)62-46(66)34(2)56-10/h17,24-25,30,33-36,39-44,55-56H,11-16,18-23,26-29,31-32H2,1-10H3,(H,57,67)(H,58,68)(H,59,69)(H,60,70)(H,61,65)(H,62,66)/t33-,34-,39+,40+,41?,42?,43+,44+/m0/s1. The molecular formula is C54H88N10O8. The van der Waals surface area contributed by atoms with E-state index in [1.54, 1.807) is 62.0 Å². The van der Waals surface area contributed by atoms with E-state index in [9.17, 15) is 38.4 Å². The molecule has 1 aromatic rings. The normalized spacial score (nSPS) is 21.6. The molecule has 72 heavy (non-hydrogen) atoms. The van der Waals surface area contributed by atoms with Gasteiger partial charge in [0.25, 0.3) is 11.8 Å². The fourth-order valence-corrected chi connectivity index (χ4v) is 10.7. The molecule has 18 nitrogen and oxygen atoms in total. The molecule has 4 aliphatic rings. The molecule has 0 bridgehead atoms. The van der Waals surface area contributed by atoms with Crippen LogP contribution in [0.1, 0.15) is 166 Å². The van der Waals surface area contributed by atoms with E-state index in [1.165, 1.54) is 0 Å². The Hall–Kier alpha value is -5.10. The molecule has 4 fully saturated rings. The topological polar surface area (TPSA) is 239 Å². The maximum absolute atomic E-state index is 14.2. The number of carbonyl (C=O) groups is 8. The molecular weight excluding hydrogens is 917 g/mol. The van der Waals surface area contributed by atoms with Crippen molar-refractivity contribution in [3.05, 3.63) is 35.4 Å². The van der Waals surface area contributed by atoms with Crippen LogP contribution < -0.4 is 42.5 Å². The molecule has 1 aromatic carbocycles. The highest BCUT2D eigenvalue weighted by molar-refractivity contribution is 6.00. The molecule has 2 unspecified atom stereocenters. The zero-order chi connectivity index (χ0) is 52.9. The Kier molecular flexibility index (Phi) is 21.0. The number of likely N-dealkylation sites (N-methyl/N-ethyl adjacent to an activating group) is 2. The third-order valence-corrected chi connectivity index (χ3v) is 15.6. The number of hydrogen-bond acceptors (Lipinski definition) is 10. The highest BCUT2D eigenvalue weighted by Crippen LogP contribution is 2.31. The predicted octanol–water partition coefficient (Wildman–Crippen LogP) is 3.54. The van der Waals surface area contributed by atoms with E-state index in [0.29, 0.717) is 38.8 Å². The van der Waals surface area contributed by atoms with Crippen LogP contribution in [0.4, 0.5) is 0 Å². The van der Waals surface area contributed by atoms with Crippen LogP contribution in [0.2, 0.25) is 0 Å². The van der Waals surface area contributed by atoms with Crippen molar-refractivity contribution in [3.8, 4) is 0 Å². The van der Waals surface area contributed by atoms with Crippen LogP contribution in [0.15, 0.2) is 24.3 Å². The van der Waals surface area contributed by atoms with Gasteiger partial charge in [0, 0.05) is 49.4 Å².